The minimum atomic E-state index is -1.10. The molecular weight excluding hydrogens is 320 g/mol. The lowest BCUT2D eigenvalue weighted by atomic mass is 10.1. The third kappa shape index (κ3) is 16.9. The van der Waals surface area contributed by atoms with Crippen molar-refractivity contribution in [1.82, 2.24) is 0 Å². The van der Waals surface area contributed by atoms with E-state index in [1.165, 1.54) is 51.4 Å². The lowest BCUT2D eigenvalue weighted by Crippen LogP contribution is -2.24. The van der Waals surface area contributed by atoms with E-state index in [2.05, 4.69) is 13.8 Å². The van der Waals surface area contributed by atoms with E-state index in [9.17, 15) is 14.4 Å². The standard InChI is InChI=1S/C20H42O3S/c1-3-5-7-9-11-13-15-19(21)17-24(23)18-20(22)16-14-12-10-8-6-4-2/h19-22H,3-18H2,1-2H3. The van der Waals surface area contributed by atoms with Crippen LogP contribution in [-0.2, 0) is 10.8 Å². The molecule has 3 nitrogen and oxygen atoms in total. The van der Waals surface area contributed by atoms with Crippen LogP contribution in [0.2, 0.25) is 0 Å². The van der Waals surface area contributed by atoms with Crippen molar-refractivity contribution in [2.24, 2.45) is 0 Å². The first kappa shape index (κ1) is 24.1. The zero-order valence-electron chi connectivity index (χ0n) is 16.2. The summed E-state index contributed by atoms with van der Waals surface area (Å²) in [5.41, 5.74) is 0. The van der Waals surface area contributed by atoms with Crippen LogP contribution in [0, 0.1) is 0 Å². The van der Waals surface area contributed by atoms with Gasteiger partial charge in [0.2, 0.25) is 0 Å². The van der Waals surface area contributed by atoms with Crippen LogP contribution in [-0.4, -0.2) is 38.1 Å². The second kappa shape index (κ2) is 17.9. The highest BCUT2D eigenvalue weighted by atomic mass is 32.2. The minimum absolute atomic E-state index is 0.322. The van der Waals surface area contributed by atoms with Gasteiger partial charge in [-0.1, -0.05) is 90.9 Å². The molecule has 0 saturated heterocycles. The minimum Gasteiger partial charge on any atom is -0.392 e. The highest BCUT2D eigenvalue weighted by Gasteiger charge is 2.13. The summed E-state index contributed by atoms with van der Waals surface area (Å²) >= 11 is 0. The zero-order valence-corrected chi connectivity index (χ0v) is 17.0. The van der Waals surface area contributed by atoms with Gasteiger partial charge >= 0.3 is 0 Å². The fourth-order valence-electron chi connectivity index (χ4n) is 2.98. The maximum absolute atomic E-state index is 12.0. The van der Waals surface area contributed by atoms with Gasteiger partial charge in [-0.2, -0.15) is 0 Å². The summed E-state index contributed by atoms with van der Waals surface area (Å²) in [6.07, 6.45) is 15.0. The Kier molecular flexibility index (Phi) is 17.9. The lowest BCUT2D eigenvalue weighted by molar-refractivity contribution is 0.177. The van der Waals surface area contributed by atoms with Crippen molar-refractivity contribution >= 4 is 10.8 Å². The van der Waals surface area contributed by atoms with Crippen molar-refractivity contribution in [3.8, 4) is 0 Å². The van der Waals surface area contributed by atoms with Crippen LogP contribution in [0.3, 0.4) is 0 Å². The molecule has 0 aromatic heterocycles. The molecule has 0 fully saturated rings. The molecule has 0 bridgehead atoms. The molecule has 0 rings (SSSR count). The molecule has 146 valence electrons. The molecule has 0 saturated carbocycles. The highest BCUT2D eigenvalue weighted by molar-refractivity contribution is 7.85. The number of rotatable bonds is 18. The fraction of sp³-hybridized carbons (Fsp3) is 1.00. The molecule has 0 amide bonds. The van der Waals surface area contributed by atoms with Crippen molar-refractivity contribution in [3.63, 3.8) is 0 Å². The first-order chi connectivity index (χ1) is 11.6. The van der Waals surface area contributed by atoms with E-state index < -0.39 is 23.0 Å². The Bertz CT molecular complexity index is 258. The van der Waals surface area contributed by atoms with Crippen LogP contribution in [0.25, 0.3) is 0 Å². The topological polar surface area (TPSA) is 57.5 Å². The van der Waals surface area contributed by atoms with Crippen molar-refractivity contribution in [3.05, 3.63) is 0 Å². The van der Waals surface area contributed by atoms with E-state index >= 15 is 0 Å². The number of hydrogen-bond acceptors (Lipinski definition) is 3. The molecule has 0 spiro atoms. The van der Waals surface area contributed by atoms with Crippen molar-refractivity contribution in [2.45, 2.75) is 116 Å². The van der Waals surface area contributed by atoms with Crippen LogP contribution in [0.15, 0.2) is 0 Å². The molecule has 0 aromatic carbocycles. The normalized spacial score (nSPS) is 15.3. The van der Waals surface area contributed by atoms with Gasteiger partial charge in [-0.25, -0.2) is 0 Å². The van der Waals surface area contributed by atoms with Gasteiger partial charge in [0, 0.05) is 22.3 Å². The average Bonchev–Trinajstić information content (AvgIpc) is 2.53. The number of unbranched alkanes of at least 4 members (excludes halogenated alkanes) is 10. The maximum atomic E-state index is 12.0. The summed E-state index contributed by atoms with van der Waals surface area (Å²) in [6, 6.07) is 0. The van der Waals surface area contributed by atoms with Gasteiger partial charge in [0.15, 0.2) is 0 Å². The summed E-state index contributed by atoms with van der Waals surface area (Å²) in [7, 11) is -1.10. The average molecular weight is 363 g/mol. The molecule has 0 aromatic rings. The van der Waals surface area contributed by atoms with Gasteiger partial charge in [-0.15, -0.1) is 0 Å². The van der Waals surface area contributed by atoms with E-state index in [-0.39, 0.29) is 0 Å². The summed E-state index contributed by atoms with van der Waals surface area (Å²) in [5.74, 6) is 0.644. The first-order valence-electron chi connectivity index (χ1n) is 10.3. The van der Waals surface area contributed by atoms with Crippen LogP contribution < -0.4 is 0 Å². The number of aliphatic hydroxyl groups is 2. The van der Waals surface area contributed by atoms with E-state index in [4.69, 9.17) is 0 Å². The van der Waals surface area contributed by atoms with Crippen LogP contribution >= 0.6 is 0 Å². The quantitative estimate of drug-likeness (QED) is 0.339. The van der Waals surface area contributed by atoms with Crippen LogP contribution in [0.5, 0.6) is 0 Å². The molecular formula is C20H42O3S. The Hall–Kier alpha value is 0.0700. The Balaban J connectivity index is 3.54. The fourth-order valence-corrected chi connectivity index (χ4v) is 4.31. The van der Waals surface area contributed by atoms with Gasteiger partial charge in [-0.05, 0) is 12.8 Å². The Morgan fingerprint density at radius 2 is 0.958 bits per heavy atom. The van der Waals surface area contributed by atoms with Crippen LogP contribution in [0.1, 0.15) is 104 Å². The second-order valence-corrected chi connectivity index (χ2v) is 8.74. The molecule has 24 heavy (non-hydrogen) atoms. The van der Waals surface area contributed by atoms with E-state index in [0.717, 1.165) is 38.5 Å². The highest BCUT2D eigenvalue weighted by Crippen LogP contribution is 2.11. The zero-order chi connectivity index (χ0) is 18.0. The van der Waals surface area contributed by atoms with Gasteiger partial charge < -0.3 is 10.2 Å². The second-order valence-electron chi connectivity index (χ2n) is 7.19. The van der Waals surface area contributed by atoms with Crippen molar-refractivity contribution in [2.75, 3.05) is 11.5 Å². The van der Waals surface area contributed by atoms with E-state index in [0.29, 0.717) is 11.5 Å². The smallest absolute Gasteiger partial charge is 0.0655 e. The summed E-state index contributed by atoms with van der Waals surface area (Å²) < 4.78 is 12.0. The lowest BCUT2D eigenvalue weighted by Gasteiger charge is -2.13. The molecule has 2 unspecified atom stereocenters. The van der Waals surface area contributed by atoms with E-state index in [1.54, 1.807) is 0 Å². The van der Waals surface area contributed by atoms with Crippen molar-refractivity contribution < 1.29 is 14.4 Å². The summed E-state index contributed by atoms with van der Waals surface area (Å²) in [5, 5.41) is 19.9. The van der Waals surface area contributed by atoms with Gasteiger partial charge in [0.25, 0.3) is 0 Å². The molecule has 0 radical (unpaired) electrons. The van der Waals surface area contributed by atoms with Crippen LogP contribution in [0.4, 0.5) is 0 Å². The first-order valence-corrected chi connectivity index (χ1v) is 11.8. The molecule has 0 aliphatic carbocycles. The number of aliphatic hydroxyl groups excluding tert-OH is 2. The largest absolute Gasteiger partial charge is 0.392 e. The third-order valence-corrected chi connectivity index (χ3v) is 6.05. The summed E-state index contributed by atoms with van der Waals surface area (Å²) in [6.45, 7) is 4.42. The number of hydrogen-bond donors (Lipinski definition) is 2. The van der Waals surface area contributed by atoms with E-state index in [1.807, 2.05) is 0 Å². The van der Waals surface area contributed by atoms with Crippen molar-refractivity contribution in [1.29, 1.82) is 0 Å². The SMILES string of the molecule is CCCCCCCCC(O)CS(=O)CC(O)CCCCCCCC. The Labute approximate surface area is 153 Å². The molecule has 0 heterocycles. The monoisotopic (exact) mass is 362 g/mol. The predicted octanol–water partition coefficient (Wildman–Crippen LogP) is 4.96. The molecule has 2 atom stereocenters. The molecule has 0 aliphatic heterocycles. The van der Waals surface area contributed by atoms with Gasteiger partial charge in [0.05, 0.1) is 12.2 Å². The third-order valence-electron chi connectivity index (χ3n) is 4.54. The summed E-state index contributed by atoms with van der Waals surface area (Å²) in [4.78, 5) is 0. The Morgan fingerprint density at radius 3 is 1.33 bits per heavy atom. The van der Waals surface area contributed by atoms with Gasteiger partial charge in [-0.3, -0.25) is 4.21 Å². The predicted molar refractivity (Wildman–Crippen MR) is 106 cm³/mol. The molecule has 4 heteroatoms. The maximum Gasteiger partial charge on any atom is 0.0655 e. The molecule has 2 N–H and O–H groups in total. The molecule has 0 aliphatic rings. The Morgan fingerprint density at radius 1 is 0.625 bits per heavy atom. The van der Waals surface area contributed by atoms with Gasteiger partial charge in [0.1, 0.15) is 0 Å².